The summed E-state index contributed by atoms with van der Waals surface area (Å²) in [5, 5.41) is 16.3. The SMILES string of the molecule is O=C(O)N(CCNC1CC1c1ccc(OCc2ccccc2)c(-c2ccc(C(F)(F)F)cc2)c1)C1CCNC1. The van der Waals surface area contributed by atoms with Crippen molar-refractivity contribution in [2.75, 3.05) is 26.2 Å². The highest BCUT2D eigenvalue weighted by Gasteiger charge is 2.38. The number of rotatable bonds is 10. The van der Waals surface area contributed by atoms with Gasteiger partial charge < -0.3 is 25.4 Å². The lowest BCUT2D eigenvalue weighted by Gasteiger charge is -2.25. The summed E-state index contributed by atoms with van der Waals surface area (Å²) < 4.78 is 45.5. The Labute approximate surface area is 225 Å². The Morgan fingerprint density at radius 1 is 1.08 bits per heavy atom. The van der Waals surface area contributed by atoms with Crippen molar-refractivity contribution in [3.05, 3.63) is 89.5 Å². The van der Waals surface area contributed by atoms with Crippen molar-refractivity contribution in [3.63, 3.8) is 0 Å². The molecule has 0 aromatic heterocycles. The number of hydrogen-bond acceptors (Lipinski definition) is 4. The van der Waals surface area contributed by atoms with E-state index in [4.69, 9.17) is 4.74 Å². The molecule has 1 heterocycles. The van der Waals surface area contributed by atoms with Gasteiger partial charge in [-0.2, -0.15) is 13.2 Å². The standard InChI is InChI=1S/C30H32F3N3O3/c31-30(32,33)23-9-6-21(7-10-23)26-16-22(8-11-28(26)39-19-20-4-2-1-3-5-20)25-17-27(25)35-14-15-36(29(37)38)24-12-13-34-18-24/h1-11,16,24-25,27,34-35H,12-15,17-19H2,(H,37,38). The van der Waals surface area contributed by atoms with Crippen molar-refractivity contribution >= 4 is 6.09 Å². The molecule has 1 amide bonds. The fraction of sp³-hybridized carbons (Fsp3) is 0.367. The third-order valence-corrected chi connectivity index (χ3v) is 7.46. The summed E-state index contributed by atoms with van der Waals surface area (Å²) in [6.07, 6.45) is -3.56. The number of carboxylic acid groups (broad SMARTS) is 1. The minimum Gasteiger partial charge on any atom is -0.488 e. The lowest BCUT2D eigenvalue weighted by atomic mass is 9.98. The van der Waals surface area contributed by atoms with Crippen LogP contribution < -0.4 is 15.4 Å². The Hall–Kier alpha value is -3.56. The topological polar surface area (TPSA) is 73.8 Å². The maximum Gasteiger partial charge on any atom is 0.416 e. The second-order valence-corrected chi connectivity index (χ2v) is 10.1. The molecule has 9 heteroatoms. The van der Waals surface area contributed by atoms with Crippen molar-refractivity contribution in [1.82, 2.24) is 15.5 Å². The molecular formula is C30H32F3N3O3. The summed E-state index contributed by atoms with van der Waals surface area (Å²) in [7, 11) is 0. The van der Waals surface area contributed by atoms with Crippen LogP contribution in [0.4, 0.5) is 18.0 Å². The monoisotopic (exact) mass is 539 g/mol. The van der Waals surface area contributed by atoms with Crippen LogP contribution in [0.25, 0.3) is 11.1 Å². The molecule has 0 radical (unpaired) electrons. The van der Waals surface area contributed by atoms with E-state index in [2.05, 4.69) is 10.6 Å². The van der Waals surface area contributed by atoms with Crippen LogP contribution in [0.2, 0.25) is 0 Å². The van der Waals surface area contributed by atoms with Crippen LogP contribution in [-0.2, 0) is 12.8 Å². The average molecular weight is 540 g/mol. The fourth-order valence-corrected chi connectivity index (χ4v) is 5.20. The molecule has 206 valence electrons. The van der Waals surface area contributed by atoms with E-state index in [1.165, 1.54) is 17.0 Å². The van der Waals surface area contributed by atoms with E-state index < -0.39 is 17.8 Å². The molecule has 39 heavy (non-hydrogen) atoms. The second kappa shape index (κ2) is 11.7. The quantitative estimate of drug-likeness (QED) is 0.307. The highest BCUT2D eigenvalue weighted by atomic mass is 19.4. The van der Waals surface area contributed by atoms with Crippen LogP contribution in [0.5, 0.6) is 5.75 Å². The number of carbonyl (C=O) groups is 1. The molecule has 2 fully saturated rings. The van der Waals surface area contributed by atoms with Crippen molar-refractivity contribution in [2.24, 2.45) is 0 Å². The number of benzene rings is 3. The average Bonchev–Trinajstić information content (AvgIpc) is 3.50. The van der Waals surface area contributed by atoms with E-state index in [1.807, 2.05) is 48.5 Å². The van der Waals surface area contributed by atoms with E-state index >= 15 is 0 Å². The fourth-order valence-electron chi connectivity index (χ4n) is 5.20. The van der Waals surface area contributed by atoms with E-state index in [0.717, 1.165) is 48.2 Å². The minimum absolute atomic E-state index is 0.00835. The van der Waals surface area contributed by atoms with Gasteiger partial charge in [-0.05, 0) is 60.3 Å². The zero-order valence-corrected chi connectivity index (χ0v) is 21.5. The molecule has 3 aromatic rings. The molecule has 1 aliphatic carbocycles. The molecule has 1 aliphatic heterocycles. The lowest BCUT2D eigenvalue weighted by molar-refractivity contribution is -0.137. The van der Waals surface area contributed by atoms with Gasteiger partial charge in [0.2, 0.25) is 0 Å². The van der Waals surface area contributed by atoms with Crippen molar-refractivity contribution in [1.29, 1.82) is 0 Å². The molecule has 0 spiro atoms. The number of alkyl halides is 3. The molecule has 3 aromatic carbocycles. The first-order chi connectivity index (χ1) is 18.8. The highest BCUT2D eigenvalue weighted by Crippen LogP contribution is 2.44. The summed E-state index contributed by atoms with van der Waals surface area (Å²) in [6.45, 7) is 2.85. The van der Waals surface area contributed by atoms with Gasteiger partial charge >= 0.3 is 12.3 Å². The van der Waals surface area contributed by atoms with Crippen LogP contribution in [0.1, 0.15) is 35.4 Å². The van der Waals surface area contributed by atoms with Crippen molar-refractivity contribution < 1.29 is 27.8 Å². The Bertz CT molecular complexity index is 1260. The van der Waals surface area contributed by atoms with Crippen LogP contribution >= 0.6 is 0 Å². The second-order valence-electron chi connectivity index (χ2n) is 10.1. The molecule has 3 atom stereocenters. The van der Waals surface area contributed by atoms with Gasteiger partial charge in [-0.3, -0.25) is 0 Å². The smallest absolute Gasteiger partial charge is 0.416 e. The molecule has 0 bridgehead atoms. The molecule has 3 N–H and O–H groups in total. The van der Waals surface area contributed by atoms with Crippen molar-refractivity contribution in [2.45, 2.75) is 43.6 Å². The minimum atomic E-state index is -4.40. The first kappa shape index (κ1) is 27.0. The largest absolute Gasteiger partial charge is 0.488 e. The molecular weight excluding hydrogens is 507 g/mol. The van der Waals surface area contributed by atoms with Crippen LogP contribution in [0.15, 0.2) is 72.8 Å². The van der Waals surface area contributed by atoms with Gasteiger partial charge in [-0.15, -0.1) is 0 Å². The van der Waals surface area contributed by atoms with Gasteiger partial charge in [0.25, 0.3) is 0 Å². The zero-order chi connectivity index (χ0) is 27.4. The van der Waals surface area contributed by atoms with Crippen molar-refractivity contribution in [3.8, 4) is 16.9 Å². The van der Waals surface area contributed by atoms with Gasteiger partial charge in [-0.25, -0.2) is 4.79 Å². The Morgan fingerprint density at radius 2 is 1.85 bits per heavy atom. The number of ether oxygens (including phenoxy) is 1. The van der Waals surface area contributed by atoms with E-state index in [1.54, 1.807) is 0 Å². The van der Waals surface area contributed by atoms with E-state index in [9.17, 15) is 23.1 Å². The number of hydrogen-bond donors (Lipinski definition) is 3. The summed E-state index contributed by atoms with van der Waals surface area (Å²) in [6, 6.07) is 21.0. The van der Waals surface area contributed by atoms with Gasteiger partial charge in [0.15, 0.2) is 0 Å². The molecule has 2 aliphatic rings. The van der Waals surface area contributed by atoms with Crippen LogP contribution in [0, 0.1) is 0 Å². The highest BCUT2D eigenvalue weighted by molar-refractivity contribution is 5.72. The number of nitrogens with zero attached hydrogens (tertiary/aromatic N) is 1. The van der Waals surface area contributed by atoms with Crippen LogP contribution in [-0.4, -0.2) is 54.4 Å². The maximum absolute atomic E-state index is 13.1. The molecule has 5 rings (SSSR count). The van der Waals surface area contributed by atoms with Crippen LogP contribution in [0.3, 0.4) is 0 Å². The number of amides is 1. The summed E-state index contributed by atoms with van der Waals surface area (Å²) in [4.78, 5) is 13.2. The van der Waals surface area contributed by atoms with Gasteiger partial charge in [0.05, 0.1) is 5.56 Å². The third kappa shape index (κ3) is 6.72. The van der Waals surface area contributed by atoms with E-state index in [-0.39, 0.29) is 18.0 Å². The van der Waals surface area contributed by atoms with Gasteiger partial charge in [0.1, 0.15) is 12.4 Å². The zero-order valence-electron chi connectivity index (χ0n) is 21.5. The molecule has 6 nitrogen and oxygen atoms in total. The lowest BCUT2D eigenvalue weighted by Crippen LogP contribution is -2.44. The first-order valence-electron chi connectivity index (χ1n) is 13.2. The summed E-state index contributed by atoms with van der Waals surface area (Å²) in [5.74, 6) is 0.850. The third-order valence-electron chi connectivity index (χ3n) is 7.46. The van der Waals surface area contributed by atoms with Gasteiger partial charge in [0, 0.05) is 43.2 Å². The van der Waals surface area contributed by atoms with Gasteiger partial charge in [-0.1, -0.05) is 48.5 Å². The number of halogens is 3. The Morgan fingerprint density at radius 3 is 2.51 bits per heavy atom. The molecule has 1 saturated heterocycles. The first-order valence-corrected chi connectivity index (χ1v) is 13.2. The maximum atomic E-state index is 13.1. The molecule has 3 unspecified atom stereocenters. The predicted octanol–water partition coefficient (Wildman–Crippen LogP) is 5.74. The number of nitrogens with one attached hydrogen (secondary N) is 2. The Balaban J connectivity index is 1.28. The summed E-state index contributed by atoms with van der Waals surface area (Å²) in [5.41, 5.74) is 2.78. The molecule has 1 saturated carbocycles. The predicted molar refractivity (Wildman–Crippen MR) is 143 cm³/mol. The summed E-state index contributed by atoms with van der Waals surface area (Å²) >= 11 is 0. The Kier molecular flexibility index (Phi) is 8.09. The van der Waals surface area contributed by atoms with E-state index in [0.29, 0.717) is 37.6 Å². The normalized spacial score (nSPS) is 20.5.